The van der Waals surface area contributed by atoms with Crippen molar-refractivity contribution in [3.05, 3.63) is 95.2 Å². The van der Waals surface area contributed by atoms with E-state index in [9.17, 15) is 9.18 Å². The SMILES string of the molecule is O=C(C=CC1CCN(Cc2ccc(F)cc2)CC1)c1ccc(Nc2ncnc3c2CCC3)cc1. The molecule has 0 saturated carbocycles. The summed E-state index contributed by atoms with van der Waals surface area (Å²) in [7, 11) is 0. The smallest absolute Gasteiger partial charge is 0.185 e. The molecule has 2 aromatic carbocycles. The van der Waals surface area contributed by atoms with E-state index in [0.717, 1.165) is 74.5 Å². The normalized spacial score (nSPS) is 16.6. The topological polar surface area (TPSA) is 58.1 Å². The molecule has 1 saturated heterocycles. The quantitative estimate of drug-likeness (QED) is 0.376. The van der Waals surface area contributed by atoms with E-state index in [2.05, 4.69) is 26.3 Å². The number of aryl methyl sites for hydroxylation is 1. The van der Waals surface area contributed by atoms with Crippen LogP contribution in [-0.4, -0.2) is 33.7 Å². The minimum absolute atomic E-state index is 0.0308. The van der Waals surface area contributed by atoms with Crippen molar-refractivity contribution in [2.45, 2.75) is 38.6 Å². The van der Waals surface area contributed by atoms with Gasteiger partial charge in [0.15, 0.2) is 5.78 Å². The molecule has 1 fully saturated rings. The molecule has 1 aliphatic carbocycles. The molecule has 1 N–H and O–H groups in total. The van der Waals surface area contributed by atoms with Gasteiger partial charge < -0.3 is 5.32 Å². The second-order valence-corrected chi connectivity index (χ2v) is 9.17. The molecule has 0 bridgehead atoms. The predicted molar refractivity (Wildman–Crippen MR) is 132 cm³/mol. The van der Waals surface area contributed by atoms with Gasteiger partial charge in [-0.25, -0.2) is 14.4 Å². The van der Waals surface area contributed by atoms with Crippen LogP contribution in [0.15, 0.2) is 67.0 Å². The standard InChI is InChI=1S/C28H29FN4O/c29-23-9-4-21(5-10-23)18-33-16-14-20(15-17-33)6-13-27(34)22-7-11-24(12-8-22)32-28-25-2-1-3-26(25)30-19-31-28/h4-13,19-20H,1-3,14-18H2,(H,30,31,32). The first-order valence-corrected chi connectivity index (χ1v) is 12.0. The molecule has 0 spiro atoms. The van der Waals surface area contributed by atoms with Crippen LogP contribution in [0.2, 0.25) is 0 Å². The van der Waals surface area contributed by atoms with Crippen LogP contribution in [0.1, 0.15) is 46.4 Å². The molecule has 6 heteroatoms. The fourth-order valence-corrected chi connectivity index (χ4v) is 4.79. The number of hydrogen-bond acceptors (Lipinski definition) is 5. The molecule has 174 valence electrons. The highest BCUT2D eigenvalue weighted by Crippen LogP contribution is 2.27. The summed E-state index contributed by atoms with van der Waals surface area (Å²) in [6.45, 7) is 2.80. The minimum Gasteiger partial charge on any atom is -0.340 e. The Morgan fingerprint density at radius 2 is 1.79 bits per heavy atom. The highest BCUT2D eigenvalue weighted by molar-refractivity contribution is 6.04. The second kappa shape index (κ2) is 10.3. The van der Waals surface area contributed by atoms with Gasteiger partial charge in [0, 0.05) is 29.1 Å². The van der Waals surface area contributed by atoms with Crippen LogP contribution in [0.3, 0.4) is 0 Å². The van der Waals surface area contributed by atoms with Crippen molar-refractivity contribution in [1.82, 2.24) is 14.9 Å². The number of benzene rings is 2. The molecule has 5 nitrogen and oxygen atoms in total. The molecule has 0 unspecified atom stereocenters. The van der Waals surface area contributed by atoms with Crippen LogP contribution >= 0.6 is 0 Å². The van der Waals surface area contributed by atoms with Crippen molar-refractivity contribution in [3.63, 3.8) is 0 Å². The van der Waals surface area contributed by atoms with E-state index in [1.54, 1.807) is 12.4 Å². The number of allylic oxidation sites excluding steroid dienone is 2. The molecule has 0 atom stereocenters. The number of piperidine rings is 1. The Morgan fingerprint density at radius 1 is 1.03 bits per heavy atom. The molecule has 0 radical (unpaired) electrons. The third kappa shape index (κ3) is 5.39. The number of halogens is 1. The Morgan fingerprint density at radius 3 is 2.56 bits per heavy atom. The molecule has 34 heavy (non-hydrogen) atoms. The molecular formula is C28H29FN4O. The first kappa shape index (κ1) is 22.4. The number of hydrogen-bond donors (Lipinski definition) is 1. The molecular weight excluding hydrogens is 427 g/mol. The largest absolute Gasteiger partial charge is 0.340 e. The zero-order valence-corrected chi connectivity index (χ0v) is 19.2. The Labute approximate surface area is 199 Å². The summed E-state index contributed by atoms with van der Waals surface area (Å²) in [4.78, 5) is 23.8. The predicted octanol–water partition coefficient (Wildman–Crippen LogP) is 5.50. The average Bonchev–Trinajstić information content (AvgIpc) is 3.35. The number of nitrogens with zero attached hydrogens (tertiary/aromatic N) is 3. The lowest BCUT2D eigenvalue weighted by Crippen LogP contribution is -2.32. The van der Waals surface area contributed by atoms with Crippen molar-refractivity contribution >= 4 is 17.3 Å². The van der Waals surface area contributed by atoms with Gasteiger partial charge in [-0.1, -0.05) is 18.2 Å². The number of ketones is 1. The zero-order valence-electron chi connectivity index (χ0n) is 19.2. The number of carbonyl (C=O) groups is 1. The van der Waals surface area contributed by atoms with Gasteiger partial charge in [-0.3, -0.25) is 9.69 Å². The minimum atomic E-state index is -0.197. The van der Waals surface area contributed by atoms with E-state index in [4.69, 9.17) is 0 Å². The van der Waals surface area contributed by atoms with Crippen LogP contribution in [0.25, 0.3) is 0 Å². The molecule has 0 amide bonds. The van der Waals surface area contributed by atoms with Gasteiger partial charge in [-0.05, 0) is 99.1 Å². The summed E-state index contributed by atoms with van der Waals surface area (Å²) in [6.07, 6.45) is 10.6. The summed E-state index contributed by atoms with van der Waals surface area (Å²) < 4.78 is 13.1. The van der Waals surface area contributed by atoms with Crippen molar-refractivity contribution < 1.29 is 9.18 Å². The van der Waals surface area contributed by atoms with E-state index in [1.807, 2.05) is 36.4 Å². The lowest BCUT2D eigenvalue weighted by molar-refractivity contribution is 0.104. The van der Waals surface area contributed by atoms with E-state index in [0.29, 0.717) is 11.5 Å². The van der Waals surface area contributed by atoms with Gasteiger partial charge >= 0.3 is 0 Å². The molecule has 2 heterocycles. The molecule has 1 aromatic heterocycles. The number of rotatable bonds is 7. The summed E-state index contributed by atoms with van der Waals surface area (Å²) in [5.41, 5.74) is 5.07. The van der Waals surface area contributed by atoms with Gasteiger partial charge in [0.1, 0.15) is 18.0 Å². The van der Waals surface area contributed by atoms with Crippen LogP contribution in [0.5, 0.6) is 0 Å². The summed E-state index contributed by atoms with van der Waals surface area (Å²) in [5.74, 6) is 1.11. The van der Waals surface area contributed by atoms with Crippen LogP contribution in [0, 0.1) is 11.7 Å². The monoisotopic (exact) mass is 456 g/mol. The van der Waals surface area contributed by atoms with Crippen LogP contribution in [0.4, 0.5) is 15.9 Å². The summed E-state index contributed by atoms with van der Waals surface area (Å²) in [6, 6.07) is 14.3. The van der Waals surface area contributed by atoms with Gasteiger partial charge in [0.2, 0.25) is 0 Å². The molecule has 1 aliphatic heterocycles. The number of nitrogens with one attached hydrogen (secondary N) is 1. The highest BCUT2D eigenvalue weighted by Gasteiger charge is 2.18. The van der Waals surface area contributed by atoms with Crippen molar-refractivity contribution in [2.24, 2.45) is 5.92 Å². The Bertz CT molecular complexity index is 1170. The second-order valence-electron chi connectivity index (χ2n) is 9.17. The number of likely N-dealkylation sites (tertiary alicyclic amines) is 1. The number of aromatic nitrogens is 2. The van der Waals surface area contributed by atoms with E-state index < -0.39 is 0 Å². The van der Waals surface area contributed by atoms with Crippen molar-refractivity contribution in [3.8, 4) is 0 Å². The molecule has 5 rings (SSSR count). The van der Waals surface area contributed by atoms with Crippen LogP contribution in [-0.2, 0) is 19.4 Å². The van der Waals surface area contributed by atoms with E-state index >= 15 is 0 Å². The van der Waals surface area contributed by atoms with E-state index in [-0.39, 0.29) is 11.6 Å². The van der Waals surface area contributed by atoms with Gasteiger partial charge in [0.25, 0.3) is 0 Å². The molecule has 2 aliphatic rings. The summed E-state index contributed by atoms with van der Waals surface area (Å²) >= 11 is 0. The Balaban J connectivity index is 1.12. The summed E-state index contributed by atoms with van der Waals surface area (Å²) in [5, 5.41) is 3.37. The number of anilines is 2. The van der Waals surface area contributed by atoms with Crippen molar-refractivity contribution in [2.75, 3.05) is 18.4 Å². The van der Waals surface area contributed by atoms with Gasteiger partial charge in [-0.2, -0.15) is 0 Å². The Kier molecular flexibility index (Phi) is 6.77. The Hall–Kier alpha value is -3.38. The third-order valence-corrected chi connectivity index (χ3v) is 6.78. The number of fused-ring (bicyclic) bond motifs is 1. The third-order valence-electron chi connectivity index (χ3n) is 6.78. The fraction of sp³-hybridized carbons (Fsp3) is 0.321. The first-order valence-electron chi connectivity index (χ1n) is 12.0. The highest BCUT2D eigenvalue weighted by atomic mass is 19.1. The number of carbonyl (C=O) groups excluding carboxylic acids is 1. The van der Waals surface area contributed by atoms with Crippen LogP contribution < -0.4 is 5.32 Å². The maximum atomic E-state index is 13.1. The first-order chi connectivity index (χ1) is 16.6. The van der Waals surface area contributed by atoms with Gasteiger partial charge in [0.05, 0.1) is 0 Å². The maximum Gasteiger partial charge on any atom is 0.185 e. The lowest BCUT2D eigenvalue weighted by atomic mass is 9.95. The zero-order chi connectivity index (χ0) is 23.3. The molecule has 3 aromatic rings. The van der Waals surface area contributed by atoms with E-state index in [1.165, 1.54) is 17.7 Å². The maximum absolute atomic E-state index is 13.1. The van der Waals surface area contributed by atoms with Gasteiger partial charge in [-0.15, -0.1) is 0 Å². The van der Waals surface area contributed by atoms with Crippen molar-refractivity contribution in [1.29, 1.82) is 0 Å². The average molecular weight is 457 g/mol. The fourth-order valence-electron chi connectivity index (χ4n) is 4.79. The lowest BCUT2D eigenvalue weighted by Gasteiger charge is -2.30.